The fraction of sp³-hybridized carbons (Fsp3) is 0.600. The number of aliphatic hydroxyl groups is 1. The van der Waals surface area contributed by atoms with Gasteiger partial charge in [0.2, 0.25) is 5.79 Å². The molecule has 0 bridgehead atoms. The van der Waals surface area contributed by atoms with E-state index >= 15 is 0 Å². The van der Waals surface area contributed by atoms with E-state index in [1.807, 2.05) is 13.8 Å². The second kappa shape index (κ2) is 4.33. The minimum Gasteiger partial charge on any atom is -0.426 e. The summed E-state index contributed by atoms with van der Waals surface area (Å²) in [5.41, 5.74) is 3.40. The summed E-state index contributed by atoms with van der Waals surface area (Å²) in [6, 6.07) is 0. The normalized spacial score (nSPS) is 47.9. The van der Waals surface area contributed by atoms with Crippen LogP contribution in [0.5, 0.6) is 0 Å². The van der Waals surface area contributed by atoms with Gasteiger partial charge in [-0.05, 0) is 32.3 Å². The van der Waals surface area contributed by atoms with E-state index in [2.05, 4.69) is 6.58 Å². The van der Waals surface area contributed by atoms with Crippen molar-refractivity contribution in [1.29, 1.82) is 0 Å². The third-order valence-electron chi connectivity index (χ3n) is 6.93. The average molecular weight is 342 g/mol. The molecule has 25 heavy (non-hydrogen) atoms. The smallest absolute Gasteiger partial charge is 0.336 e. The Morgan fingerprint density at radius 2 is 2.04 bits per heavy atom. The first kappa shape index (κ1) is 15.5. The van der Waals surface area contributed by atoms with Crippen LogP contribution in [0, 0.1) is 17.8 Å². The summed E-state index contributed by atoms with van der Waals surface area (Å²) >= 11 is 0. The van der Waals surface area contributed by atoms with E-state index in [9.17, 15) is 14.7 Å². The number of rotatable bonds is 0. The molecule has 5 rings (SSSR count). The van der Waals surface area contributed by atoms with Gasteiger partial charge in [-0.2, -0.15) is 0 Å². The summed E-state index contributed by atoms with van der Waals surface area (Å²) in [5.74, 6) is -2.44. The zero-order valence-corrected chi connectivity index (χ0v) is 14.7. The Hall–Kier alpha value is -1.72. The van der Waals surface area contributed by atoms with E-state index in [1.54, 1.807) is 6.92 Å². The van der Waals surface area contributed by atoms with Crippen LogP contribution in [0.2, 0.25) is 0 Å². The molecule has 2 heterocycles. The standard InChI is InChI=1S/C20H22O5/c1-8-5-6-20(23)14(10(3)18(22)25-20)15-12(8)13-11(7-9(2)16(13)21)17-19(15,4)24-17/h9,12,15,17,23H,1,5-7H2,2-4H3/t9-,12-,15-,17+,19-,20-/m0/s1. The van der Waals surface area contributed by atoms with Gasteiger partial charge in [0.15, 0.2) is 5.78 Å². The molecular formula is C20H22O5. The first-order valence-electron chi connectivity index (χ1n) is 8.98. The van der Waals surface area contributed by atoms with Gasteiger partial charge in [0, 0.05) is 40.9 Å². The summed E-state index contributed by atoms with van der Waals surface area (Å²) in [5, 5.41) is 11.1. The molecule has 0 spiro atoms. The highest BCUT2D eigenvalue weighted by Crippen LogP contribution is 2.66. The number of carbonyl (C=O) groups is 2. The lowest BCUT2D eigenvalue weighted by Gasteiger charge is -2.37. The molecular weight excluding hydrogens is 320 g/mol. The molecule has 5 aliphatic rings. The van der Waals surface area contributed by atoms with Crippen molar-refractivity contribution in [3.8, 4) is 0 Å². The van der Waals surface area contributed by atoms with Crippen molar-refractivity contribution < 1.29 is 24.2 Å². The monoisotopic (exact) mass is 342 g/mol. The third kappa shape index (κ3) is 1.66. The number of ether oxygens (including phenoxy) is 2. The number of epoxide rings is 1. The molecule has 2 aliphatic heterocycles. The molecule has 1 saturated carbocycles. The zero-order valence-electron chi connectivity index (χ0n) is 14.7. The summed E-state index contributed by atoms with van der Waals surface area (Å²) in [7, 11) is 0. The molecule has 5 heteroatoms. The van der Waals surface area contributed by atoms with Crippen LogP contribution in [0.3, 0.4) is 0 Å². The first-order valence-corrected chi connectivity index (χ1v) is 8.98. The predicted molar refractivity (Wildman–Crippen MR) is 88.2 cm³/mol. The Morgan fingerprint density at radius 3 is 2.76 bits per heavy atom. The van der Waals surface area contributed by atoms with Crippen LogP contribution in [-0.2, 0) is 19.1 Å². The van der Waals surface area contributed by atoms with Crippen molar-refractivity contribution in [3.05, 3.63) is 34.4 Å². The largest absolute Gasteiger partial charge is 0.426 e. The molecule has 0 unspecified atom stereocenters. The maximum absolute atomic E-state index is 12.9. The number of fused-ring (bicyclic) bond motifs is 7. The van der Waals surface area contributed by atoms with E-state index in [4.69, 9.17) is 9.47 Å². The van der Waals surface area contributed by atoms with Gasteiger partial charge in [0.1, 0.15) is 11.7 Å². The van der Waals surface area contributed by atoms with Crippen LogP contribution in [0.4, 0.5) is 0 Å². The summed E-state index contributed by atoms with van der Waals surface area (Å²) in [6.07, 6.45) is 1.43. The number of carbonyl (C=O) groups excluding carboxylic acids is 2. The van der Waals surface area contributed by atoms with Gasteiger partial charge in [-0.1, -0.05) is 19.1 Å². The molecule has 0 amide bonds. The number of hydrogen-bond acceptors (Lipinski definition) is 5. The predicted octanol–water partition coefficient (Wildman–Crippen LogP) is 2.21. The number of Topliss-reactive ketones (excluding diaryl/α,β-unsaturated/α-hetero) is 1. The van der Waals surface area contributed by atoms with E-state index in [0.717, 1.165) is 23.1 Å². The van der Waals surface area contributed by atoms with Gasteiger partial charge in [0.05, 0.1) is 0 Å². The number of allylic oxidation sites excluding steroid dienone is 2. The lowest BCUT2D eigenvalue weighted by molar-refractivity contribution is -0.185. The molecule has 0 aromatic heterocycles. The van der Waals surface area contributed by atoms with Crippen LogP contribution in [0.15, 0.2) is 34.4 Å². The highest BCUT2D eigenvalue weighted by molar-refractivity contribution is 6.02. The van der Waals surface area contributed by atoms with Crippen molar-refractivity contribution in [1.82, 2.24) is 0 Å². The Morgan fingerprint density at radius 1 is 1.32 bits per heavy atom. The maximum atomic E-state index is 12.9. The van der Waals surface area contributed by atoms with Crippen LogP contribution >= 0.6 is 0 Å². The topological polar surface area (TPSA) is 76.1 Å². The van der Waals surface area contributed by atoms with Crippen LogP contribution in [0.25, 0.3) is 0 Å². The molecule has 3 aliphatic carbocycles. The molecule has 5 nitrogen and oxygen atoms in total. The third-order valence-corrected chi connectivity index (χ3v) is 6.93. The summed E-state index contributed by atoms with van der Waals surface area (Å²) in [6.45, 7) is 9.93. The number of esters is 1. The van der Waals surface area contributed by atoms with Crippen molar-refractivity contribution in [2.45, 2.75) is 57.5 Å². The molecule has 2 fully saturated rings. The molecule has 1 saturated heterocycles. The second-order valence-corrected chi connectivity index (χ2v) is 8.42. The molecule has 0 radical (unpaired) electrons. The minimum absolute atomic E-state index is 0.0383. The van der Waals surface area contributed by atoms with Gasteiger partial charge >= 0.3 is 5.97 Å². The van der Waals surface area contributed by atoms with Crippen LogP contribution in [-0.4, -0.2) is 34.4 Å². The molecule has 0 aromatic rings. The maximum Gasteiger partial charge on any atom is 0.336 e. The summed E-state index contributed by atoms with van der Waals surface area (Å²) in [4.78, 5) is 25.1. The van der Waals surface area contributed by atoms with Crippen molar-refractivity contribution in [3.63, 3.8) is 0 Å². The van der Waals surface area contributed by atoms with Gasteiger partial charge in [-0.3, -0.25) is 4.79 Å². The Bertz CT molecular complexity index is 833. The second-order valence-electron chi connectivity index (χ2n) is 8.42. The SMILES string of the molecule is C=C1CC[C@]2(O)OC(=O)C(C)=C2[C@@H]2[C@@H]1C1=C(C[C@H](C)C1=O)[C@H]1O[C@]12C. The van der Waals surface area contributed by atoms with Crippen LogP contribution in [0.1, 0.15) is 40.0 Å². The lowest BCUT2D eigenvalue weighted by Crippen LogP contribution is -2.43. The van der Waals surface area contributed by atoms with Gasteiger partial charge in [-0.15, -0.1) is 0 Å². The molecule has 132 valence electrons. The fourth-order valence-electron chi connectivity index (χ4n) is 5.66. The van der Waals surface area contributed by atoms with E-state index in [-0.39, 0.29) is 36.1 Å². The van der Waals surface area contributed by atoms with Gasteiger partial charge in [-0.25, -0.2) is 4.79 Å². The fourth-order valence-corrected chi connectivity index (χ4v) is 5.66. The highest BCUT2D eigenvalue weighted by Gasteiger charge is 2.71. The zero-order chi connectivity index (χ0) is 17.9. The average Bonchev–Trinajstić information content (AvgIpc) is 3.12. The quantitative estimate of drug-likeness (QED) is 0.415. The van der Waals surface area contributed by atoms with Gasteiger partial charge < -0.3 is 14.6 Å². The van der Waals surface area contributed by atoms with E-state index in [0.29, 0.717) is 17.6 Å². The molecule has 0 aromatic carbocycles. The Labute approximate surface area is 146 Å². The summed E-state index contributed by atoms with van der Waals surface area (Å²) < 4.78 is 11.5. The van der Waals surface area contributed by atoms with Gasteiger partial charge in [0.25, 0.3) is 0 Å². The van der Waals surface area contributed by atoms with Crippen LogP contribution < -0.4 is 0 Å². The minimum atomic E-state index is -1.60. The Kier molecular flexibility index (Phi) is 2.69. The van der Waals surface area contributed by atoms with Crippen molar-refractivity contribution >= 4 is 11.8 Å². The lowest BCUT2D eigenvalue weighted by atomic mass is 9.64. The van der Waals surface area contributed by atoms with E-state index in [1.165, 1.54) is 0 Å². The molecule has 1 N–H and O–H groups in total. The van der Waals surface area contributed by atoms with Crippen molar-refractivity contribution in [2.75, 3.05) is 0 Å². The van der Waals surface area contributed by atoms with Crippen molar-refractivity contribution in [2.24, 2.45) is 17.8 Å². The highest BCUT2D eigenvalue weighted by atomic mass is 16.7. The first-order chi connectivity index (χ1) is 11.7. The number of hydrogen-bond donors (Lipinski definition) is 1. The van der Waals surface area contributed by atoms with E-state index < -0.39 is 17.4 Å². The Balaban J connectivity index is 1.77. The molecule has 6 atom stereocenters. The number of ketones is 1.